The lowest BCUT2D eigenvalue weighted by molar-refractivity contribution is 0.864. The van der Waals surface area contributed by atoms with Gasteiger partial charge in [0.1, 0.15) is 11.9 Å². The molecule has 18 heavy (non-hydrogen) atoms. The summed E-state index contributed by atoms with van der Waals surface area (Å²) in [6, 6.07) is 6.49. The molecule has 0 fully saturated rings. The van der Waals surface area contributed by atoms with E-state index in [4.69, 9.17) is 0 Å². The molecule has 92 valence electrons. The third-order valence-electron chi connectivity index (χ3n) is 3.52. The number of aromatic nitrogens is 2. The van der Waals surface area contributed by atoms with Crippen LogP contribution < -0.4 is 0 Å². The molecular weight excluding hydrogens is 222 g/mol. The van der Waals surface area contributed by atoms with E-state index in [9.17, 15) is 5.26 Å². The van der Waals surface area contributed by atoms with Crippen LogP contribution in [-0.2, 0) is 7.05 Å². The van der Waals surface area contributed by atoms with Gasteiger partial charge in [0.05, 0.1) is 5.69 Å². The molecule has 1 aromatic heterocycles. The van der Waals surface area contributed by atoms with E-state index in [2.05, 4.69) is 44.0 Å². The van der Waals surface area contributed by atoms with Crippen molar-refractivity contribution in [1.29, 1.82) is 5.26 Å². The predicted octanol–water partition coefficient (Wildman–Crippen LogP) is 3.19. The van der Waals surface area contributed by atoms with E-state index in [0.29, 0.717) is 5.69 Å². The van der Waals surface area contributed by atoms with Crippen molar-refractivity contribution in [3.63, 3.8) is 0 Å². The van der Waals surface area contributed by atoms with Crippen LogP contribution in [0.3, 0.4) is 0 Å². The number of nitriles is 1. The highest BCUT2D eigenvalue weighted by Gasteiger charge is 2.16. The molecule has 2 aromatic rings. The minimum Gasteiger partial charge on any atom is -0.330 e. The van der Waals surface area contributed by atoms with Crippen molar-refractivity contribution in [2.75, 3.05) is 0 Å². The standard InChI is InChI=1S/C15H17N3/c1-9-6-11(3)13(7-10(9)2)15-14(8-16)17-12(4)18(15)5/h6-7H,1-5H3. The summed E-state index contributed by atoms with van der Waals surface area (Å²) in [6.45, 7) is 8.19. The lowest BCUT2D eigenvalue weighted by Crippen LogP contribution is -1.98. The van der Waals surface area contributed by atoms with Crippen LogP contribution in [0.5, 0.6) is 0 Å². The van der Waals surface area contributed by atoms with Gasteiger partial charge in [0.15, 0.2) is 5.69 Å². The molecule has 0 bridgehead atoms. The summed E-state index contributed by atoms with van der Waals surface area (Å²) in [5.74, 6) is 0.860. The second-order valence-electron chi connectivity index (χ2n) is 4.78. The molecule has 0 spiro atoms. The van der Waals surface area contributed by atoms with Crippen LogP contribution in [0.4, 0.5) is 0 Å². The summed E-state index contributed by atoms with van der Waals surface area (Å²) >= 11 is 0. The van der Waals surface area contributed by atoms with E-state index >= 15 is 0 Å². The van der Waals surface area contributed by atoms with Gasteiger partial charge >= 0.3 is 0 Å². The molecule has 0 N–H and O–H groups in total. The predicted molar refractivity (Wildman–Crippen MR) is 72.3 cm³/mol. The molecule has 0 aliphatic heterocycles. The van der Waals surface area contributed by atoms with Crippen molar-refractivity contribution in [3.8, 4) is 17.3 Å². The average molecular weight is 239 g/mol. The summed E-state index contributed by atoms with van der Waals surface area (Å²) < 4.78 is 1.98. The topological polar surface area (TPSA) is 41.6 Å². The van der Waals surface area contributed by atoms with E-state index in [0.717, 1.165) is 17.1 Å². The lowest BCUT2D eigenvalue weighted by Gasteiger charge is -2.11. The summed E-state index contributed by atoms with van der Waals surface area (Å²) in [6.07, 6.45) is 0. The van der Waals surface area contributed by atoms with Gasteiger partial charge in [0.25, 0.3) is 0 Å². The molecule has 0 aliphatic carbocycles. The second-order valence-corrected chi connectivity index (χ2v) is 4.78. The van der Waals surface area contributed by atoms with E-state index in [-0.39, 0.29) is 0 Å². The van der Waals surface area contributed by atoms with Crippen molar-refractivity contribution >= 4 is 0 Å². The highest BCUT2D eigenvalue weighted by atomic mass is 15.1. The molecule has 2 rings (SSSR count). The van der Waals surface area contributed by atoms with Crippen molar-refractivity contribution < 1.29 is 0 Å². The zero-order valence-corrected chi connectivity index (χ0v) is 11.5. The normalized spacial score (nSPS) is 10.4. The number of hydrogen-bond acceptors (Lipinski definition) is 2. The van der Waals surface area contributed by atoms with Crippen molar-refractivity contribution in [2.45, 2.75) is 27.7 Å². The molecule has 0 saturated heterocycles. The largest absolute Gasteiger partial charge is 0.330 e. The fourth-order valence-corrected chi connectivity index (χ4v) is 2.21. The Morgan fingerprint density at radius 2 is 1.67 bits per heavy atom. The van der Waals surface area contributed by atoms with Crippen LogP contribution in [0, 0.1) is 39.0 Å². The minimum absolute atomic E-state index is 0.501. The number of aryl methyl sites for hydroxylation is 4. The lowest BCUT2D eigenvalue weighted by atomic mass is 9.98. The number of rotatable bonds is 1. The van der Waals surface area contributed by atoms with Crippen molar-refractivity contribution in [2.24, 2.45) is 7.05 Å². The first-order valence-corrected chi connectivity index (χ1v) is 5.97. The van der Waals surface area contributed by atoms with Gasteiger partial charge in [-0.15, -0.1) is 0 Å². The van der Waals surface area contributed by atoms with Crippen LogP contribution in [0.2, 0.25) is 0 Å². The Labute approximate surface area is 108 Å². The molecule has 0 saturated carbocycles. The van der Waals surface area contributed by atoms with Crippen LogP contribution in [-0.4, -0.2) is 9.55 Å². The second kappa shape index (κ2) is 4.30. The van der Waals surface area contributed by atoms with Crippen LogP contribution in [0.25, 0.3) is 11.3 Å². The molecule has 1 heterocycles. The number of nitrogens with zero attached hydrogens (tertiary/aromatic N) is 3. The van der Waals surface area contributed by atoms with Gasteiger partial charge in [0, 0.05) is 12.6 Å². The molecular formula is C15H17N3. The van der Waals surface area contributed by atoms with Crippen LogP contribution >= 0.6 is 0 Å². The Hall–Kier alpha value is -2.08. The summed E-state index contributed by atoms with van der Waals surface area (Å²) in [5, 5.41) is 9.21. The van der Waals surface area contributed by atoms with Crippen LogP contribution in [0.1, 0.15) is 28.2 Å². The minimum atomic E-state index is 0.501. The van der Waals surface area contributed by atoms with Crippen molar-refractivity contribution in [3.05, 3.63) is 40.3 Å². The number of hydrogen-bond donors (Lipinski definition) is 0. The van der Waals surface area contributed by atoms with E-state index in [1.165, 1.54) is 16.7 Å². The fraction of sp³-hybridized carbons (Fsp3) is 0.333. The first-order valence-electron chi connectivity index (χ1n) is 5.97. The maximum atomic E-state index is 9.21. The Balaban J connectivity index is 2.78. The molecule has 0 unspecified atom stereocenters. The summed E-state index contributed by atoms with van der Waals surface area (Å²) in [5.41, 5.74) is 6.19. The smallest absolute Gasteiger partial charge is 0.166 e. The Morgan fingerprint density at radius 1 is 1.06 bits per heavy atom. The molecule has 3 heteroatoms. The Kier molecular flexibility index (Phi) is 2.96. The summed E-state index contributed by atoms with van der Waals surface area (Å²) in [7, 11) is 1.95. The average Bonchev–Trinajstić information content (AvgIpc) is 2.60. The molecule has 3 nitrogen and oxygen atoms in total. The van der Waals surface area contributed by atoms with Crippen molar-refractivity contribution in [1.82, 2.24) is 9.55 Å². The zero-order chi connectivity index (χ0) is 13.4. The fourth-order valence-electron chi connectivity index (χ4n) is 2.21. The number of imidazole rings is 1. The highest BCUT2D eigenvalue weighted by Crippen LogP contribution is 2.29. The van der Waals surface area contributed by atoms with Gasteiger partial charge in [-0.1, -0.05) is 6.07 Å². The maximum absolute atomic E-state index is 9.21. The van der Waals surface area contributed by atoms with E-state index < -0.39 is 0 Å². The van der Waals surface area contributed by atoms with Gasteiger partial charge in [-0.2, -0.15) is 5.26 Å². The third kappa shape index (κ3) is 1.80. The SMILES string of the molecule is Cc1cc(C)c(-c2c(C#N)nc(C)n2C)cc1C. The Morgan fingerprint density at radius 3 is 2.28 bits per heavy atom. The highest BCUT2D eigenvalue weighted by molar-refractivity contribution is 5.70. The van der Waals surface area contributed by atoms with Gasteiger partial charge in [-0.25, -0.2) is 4.98 Å². The zero-order valence-electron chi connectivity index (χ0n) is 11.5. The van der Waals surface area contributed by atoms with Gasteiger partial charge in [-0.05, 0) is 50.5 Å². The Bertz CT molecular complexity index is 657. The van der Waals surface area contributed by atoms with Gasteiger partial charge in [0.2, 0.25) is 0 Å². The first-order chi connectivity index (χ1) is 8.45. The molecule has 1 aromatic carbocycles. The summed E-state index contributed by atoms with van der Waals surface area (Å²) in [4.78, 5) is 4.30. The number of benzene rings is 1. The van der Waals surface area contributed by atoms with E-state index in [1.807, 2.05) is 18.5 Å². The maximum Gasteiger partial charge on any atom is 0.166 e. The molecule has 0 atom stereocenters. The molecule has 0 radical (unpaired) electrons. The van der Waals surface area contributed by atoms with Gasteiger partial charge < -0.3 is 4.57 Å². The molecule has 0 aliphatic rings. The quantitative estimate of drug-likeness (QED) is 0.767. The van der Waals surface area contributed by atoms with Crippen LogP contribution in [0.15, 0.2) is 12.1 Å². The van der Waals surface area contributed by atoms with Gasteiger partial charge in [-0.3, -0.25) is 0 Å². The molecule has 0 amide bonds. The first kappa shape index (κ1) is 12.4. The van der Waals surface area contributed by atoms with E-state index in [1.54, 1.807) is 0 Å². The third-order valence-corrected chi connectivity index (χ3v) is 3.52. The monoisotopic (exact) mass is 239 g/mol.